The van der Waals surface area contributed by atoms with Crippen LogP contribution in [0.1, 0.15) is 33.3 Å². The Morgan fingerprint density at radius 1 is 1.07 bits per heavy atom. The number of nitrogens with zero attached hydrogens (tertiary/aromatic N) is 1. The summed E-state index contributed by atoms with van der Waals surface area (Å²) in [6.07, 6.45) is 0. The third-order valence-corrected chi connectivity index (χ3v) is 6.71. The quantitative estimate of drug-likeness (QED) is 0.705. The van der Waals surface area contributed by atoms with E-state index >= 15 is 4.39 Å². The van der Waals surface area contributed by atoms with Crippen LogP contribution in [0.25, 0.3) is 5.57 Å². The lowest BCUT2D eigenvalue weighted by molar-refractivity contribution is 0.00578. The molecule has 0 saturated carbocycles. The summed E-state index contributed by atoms with van der Waals surface area (Å²) in [7, 11) is -1.01. The number of halogens is 1. The van der Waals surface area contributed by atoms with Gasteiger partial charge in [0.15, 0.2) is 0 Å². The molecular formula is C20H25BFNO3S. The summed E-state index contributed by atoms with van der Waals surface area (Å²) in [4.78, 5) is 3.23. The molecule has 2 saturated heterocycles. The fourth-order valence-corrected chi connectivity index (χ4v) is 4.40. The van der Waals surface area contributed by atoms with Gasteiger partial charge in [0.1, 0.15) is 5.73 Å². The summed E-state index contributed by atoms with van der Waals surface area (Å²) in [6.45, 7) is 10.5. The Morgan fingerprint density at radius 2 is 1.70 bits per heavy atom. The van der Waals surface area contributed by atoms with Gasteiger partial charge in [-0.3, -0.25) is 0 Å². The lowest BCUT2D eigenvalue weighted by Crippen LogP contribution is -2.41. The zero-order valence-corrected chi connectivity index (χ0v) is 17.1. The third kappa shape index (κ3) is 3.35. The maximum absolute atomic E-state index is 15.9. The van der Waals surface area contributed by atoms with Gasteiger partial charge in [-0.25, -0.2) is 4.39 Å². The molecule has 144 valence electrons. The minimum absolute atomic E-state index is 0.362. The molecule has 0 aliphatic carbocycles. The number of hydrogen-bond acceptors (Lipinski definition) is 5. The van der Waals surface area contributed by atoms with Gasteiger partial charge in [0.2, 0.25) is 0 Å². The third-order valence-electron chi connectivity index (χ3n) is 5.76. The monoisotopic (exact) mass is 389 g/mol. The molecule has 1 aromatic carbocycles. The van der Waals surface area contributed by atoms with Crippen molar-refractivity contribution >= 4 is 24.5 Å². The summed E-state index contributed by atoms with van der Waals surface area (Å²) in [5, 5.41) is 2.04. The van der Waals surface area contributed by atoms with Crippen LogP contribution in [0.5, 0.6) is 0 Å². The van der Waals surface area contributed by atoms with E-state index in [4.69, 9.17) is 14.0 Å². The number of allylic oxidation sites excluding steroid dienone is 1. The molecule has 1 aromatic rings. The van der Waals surface area contributed by atoms with Gasteiger partial charge in [-0.15, -0.1) is 0 Å². The topological polar surface area (TPSA) is 30.9 Å². The molecule has 0 N–H and O–H groups in total. The molecule has 0 amide bonds. The second-order valence-corrected chi connectivity index (χ2v) is 8.94. The van der Waals surface area contributed by atoms with Crippen LogP contribution < -0.4 is 0 Å². The van der Waals surface area contributed by atoms with E-state index in [0.29, 0.717) is 18.8 Å². The van der Waals surface area contributed by atoms with Crippen LogP contribution in [0.3, 0.4) is 0 Å². The summed E-state index contributed by atoms with van der Waals surface area (Å²) in [5.41, 5.74) is 0.819. The summed E-state index contributed by atoms with van der Waals surface area (Å²) >= 11 is 1.63. The molecule has 2 fully saturated rings. The van der Waals surface area contributed by atoms with Crippen LogP contribution >= 0.6 is 11.8 Å². The first-order valence-corrected chi connectivity index (χ1v) is 10.2. The van der Waals surface area contributed by atoms with E-state index in [0.717, 1.165) is 29.2 Å². The van der Waals surface area contributed by atoms with Crippen molar-refractivity contribution in [1.29, 1.82) is 0 Å². The van der Waals surface area contributed by atoms with Crippen molar-refractivity contribution in [2.24, 2.45) is 0 Å². The van der Waals surface area contributed by atoms with Gasteiger partial charge in [0.05, 0.1) is 30.1 Å². The predicted octanol–water partition coefficient (Wildman–Crippen LogP) is 4.28. The van der Waals surface area contributed by atoms with Crippen LogP contribution in [0, 0.1) is 0 Å². The molecule has 7 heteroatoms. The van der Waals surface area contributed by atoms with Gasteiger partial charge in [0.25, 0.3) is 0 Å². The predicted molar refractivity (Wildman–Crippen MR) is 107 cm³/mol. The number of benzene rings is 1. The van der Waals surface area contributed by atoms with Crippen molar-refractivity contribution < 1.29 is 18.4 Å². The van der Waals surface area contributed by atoms with Gasteiger partial charge in [-0.1, -0.05) is 30.0 Å². The maximum Gasteiger partial charge on any atom is 0.525 e. The lowest BCUT2D eigenvalue weighted by Gasteiger charge is -2.34. The zero-order valence-electron chi connectivity index (χ0n) is 16.3. The molecule has 0 spiro atoms. The fourth-order valence-electron chi connectivity index (χ4n) is 3.44. The number of ether oxygens (including phenoxy) is 1. The smallest absolute Gasteiger partial charge is 0.398 e. The molecule has 0 unspecified atom stereocenters. The Labute approximate surface area is 164 Å². The van der Waals surface area contributed by atoms with E-state index in [1.165, 1.54) is 0 Å². The Balaban J connectivity index is 1.78. The second kappa shape index (κ2) is 6.96. The molecule has 0 radical (unpaired) electrons. The molecule has 3 aliphatic rings. The highest BCUT2D eigenvalue weighted by molar-refractivity contribution is 8.02. The number of rotatable bonds is 2. The molecule has 0 aromatic heterocycles. The SMILES string of the molecule is CC1(C)OB(C(F)=C2C(N3CCOCC3)=CSc3ccccc32)OC1(C)C. The highest BCUT2D eigenvalue weighted by atomic mass is 32.2. The largest absolute Gasteiger partial charge is 0.525 e. The van der Waals surface area contributed by atoms with E-state index in [9.17, 15) is 0 Å². The molecule has 0 atom stereocenters. The van der Waals surface area contributed by atoms with Crippen LogP contribution in [-0.2, 0) is 14.0 Å². The highest BCUT2D eigenvalue weighted by Gasteiger charge is 2.54. The van der Waals surface area contributed by atoms with Crippen LogP contribution in [0.2, 0.25) is 0 Å². The van der Waals surface area contributed by atoms with E-state index < -0.39 is 18.3 Å². The number of hydrogen-bond donors (Lipinski definition) is 0. The first kappa shape index (κ1) is 19.1. The first-order valence-electron chi connectivity index (χ1n) is 9.35. The van der Waals surface area contributed by atoms with Gasteiger partial charge in [-0.2, -0.15) is 0 Å². The van der Waals surface area contributed by atoms with Crippen LogP contribution in [0.15, 0.2) is 46.0 Å². The van der Waals surface area contributed by atoms with Crippen molar-refractivity contribution in [2.45, 2.75) is 43.8 Å². The first-order chi connectivity index (χ1) is 12.8. The van der Waals surface area contributed by atoms with Crippen molar-refractivity contribution in [3.8, 4) is 0 Å². The zero-order chi connectivity index (χ0) is 19.2. The standard InChI is InChI=1S/C20H25BFNO3S/c1-19(2)20(3,4)26-21(25-19)18(22)17-14-7-5-6-8-16(14)27-13-15(17)23-9-11-24-12-10-23/h5-8,13H,9-12H2,1-4H3. The normalized spacial score (nSPS) is 25.9. The Kier molecular flexibility index (Phi) is 4.91. The number of thioether (sulfide) groups is 1. The highest BCUT2D eigenvalue weighted by Crippen LogP contribution is 2.46. The van der Waals surface area contributed by atoms with Crippen molar-refractivity contribution in [1.82, 2.24) is 4.90 Å². The molecule has 0 bridgehead atoms. The molecule has 4 nitrogen and oxygen atoms in total. The molecule has 3 aliphatic heterocycles. The van der Waals surface area contributed by atoms with E-state index in [1.807, 2.05) is 57.4 Å². The van der Waals surface area contributed by atoms with Crippen LogP contribution in [-0.4, -0.2) is 49.5 Å². The van der Waals surface area contributed by atoms with Gasteiger partial charge < -0.3 is 18.9 Å². The minimum Gasteiger partial charge on any atom is -0.398 e. The van der Waals surface area contributed by atoms with E-state index in [1.54, 1.807) is 11.8 Å². The van der Waals surface area contributed by atoms with Crippen LogP contribution in [0.4, 0.5) is 4.39 Å². The van der Waals surface area contributed by atoms with Crippen molar-refractivity contribution in [2.75, 3.05) is 26.3 Å². The second-order valence-electron chi connectivity index (χ2n) is 8.03. The summed E-state index contributed by atoms with van der Waals surface area (Å²) in [6, 6.07) is 7.91. The molecule has 3 heterocycles. The lowest BCUT2D eigenvalue weighted by atomic mass is 9.81. The molecule has 27 heavy (non-hydrogen) atoms. The average Bonchev–Trinajstić information content (AvgIpc) is 2.88. The Morgan fingerprint density at radius 3 is 2.37 bits per heavy atom. The van der Waals surface area contributed by atoms with Crippen molar-refractivity contribution in [3.63, 3.8) is 0 Å². The summed E-state index contributed by atoms with van der Waals surface area (Å²) in [5.74, 6) is 0. The van der Waals surface area contributed by atoms with E-state index in [-0.39, 0.29) is 5.73 Å². The van der Waals surface area contributed by atoms with Gasteiger partial charge >= 0.3 is 7.12 Å². The maximum atomic E-state index is 15.9. The van der Waals surface area contributed by atoms with E-state index in [2.05, 4.69) is 4.90 Å². The fraction of sp³-hybridized carbons (Fsp3) is 0.500. The summed E-state index contributed by atoms with van der Waals surface area (Å²) < 4.78 is 33.4. The Hall–Kier alpha value is -1.28. The number of morpholine rings is 1. The molecular weight excluding hydrogens is 364 g/mol. The van der Waals surface area contributed by atoms with Gasteiger partial charge in [0, 0.05) is 23.6 Å². The van der Waals surface area contributed by atoms with Crippen molar-refractivity contribution in [3.05, 3.63) is 46.7 Å². The Bertz CT molecular complexity index is 786. The average molecular weight is 389 g/mol. The minimum atomic E-state index is -1.01. The van der Waals surface area contributed by atoms with Gasteiger partial charge in [-0.05, 0) is 44.7 Å². The number of fused-ring (bicyclic) bond motifs is 1. The molecule has 4 rings (SSSR count).